The minimum Gasteiger partial charge on any atom is -0.393 e. The molecule has 96 valence electrons. The Morgan fingerprint density at radius 3 is 2.25 bits per heavy atom. The molecule has 5 nitrogen and oxygen atoms in total. The van der Waals surface area contributed by atoms with Crippen LogP contribution in [0.5, 0.6) is 0 Å². The first-order valence-electron chi connectivity index (χ1n) is 5.24. The van der Waals surface area contributed by atoms with E-state index in [1.165, 1.54) is 8.61 Å². The SMILES string of the molecule is CCN(CCC(N)=S)S(=O)(=O)N(C)C(C)C. The monoisotopic (exact) mass is 267 g/mol. The summed E-state index contributed by atoms with van der Waals surface area (Å²) < 4.78 is 26.9. The van der Waals surface area contributed by atoms with Gasteiger partial charge in [-0.05, 0) is 13.8 Å². The molecule has 7 heteroatoms. The predicted molar refractivity (Wildman–Crippen MR) is 70.5 cm³/mol. The van der Waals surface area contributed by atoms with Crippen LogP contribution < -0.4 is 5.73 Å². The van der Waals surface area contributed by atoms with Crippen LogP contribution >= 0.6 is 12.2 Å². The molecule has 0 atom stereocenters. The fourth-order valence-electron chi connectivity index (χ4n) is 1.12. The molecule has 0 bridgehead atoms. The van der Waals surface area contributed by atoms with E-state index in [1.807, 2.05) is 13.8 Å². The Bertz CT molecular complexity index is 328. The molecule has 0 spiro atoms. The fourth-order valence-corrected chi connectivity index (χ4v) is 2.76. The van der Waals surface area contributed by atoms with Gasteiger partial charge in [-0.25, -0.2) is 0 Å². The minimum absolute atomic E-state index is 0.0659. The molecule has 0 aromatic carbocycles. The molecule has 0 saturated heterocycles. The number of hydrogen-bond acceptors (Lipinski definition) is 3. The predicted octanol–water partition coefficient (Wildman–Crippen LogP) is 0.570. The second-order valence-corrected chi connectivity index (χ2v) is 6.34. The van der Waals surface area contributed by atoms with Gasteiger partial charge in [0.15, 0.2) is 0 Å². The minimum atomic E-state index is -3.39. The molecular weight excluding hydrogens is 246 g/mol. The van der Waals surface area contributed by atoms with Gasteiger partial charge in [0.05, 0.1) is 4.99 Å². The average molecular weight is 267 g/mol. The Balaban J connectivity index is 4.74. The van der Waals surface area contributed by atoms with Gasteiger partial charge in [-0.3, -0.25) is 0 Å². The van der Waals surface area contributed by atoms with Crippen LogP contribution in [0.2, 0.25) is 0 Å². The van der Waals surface area contributed by atoms with Crippen molar-refractivity contribution in [3.63, 3.8) is 0 Å². The van der Waals surface area contributed by atoms with Crippen molar-refractivity contribution in [1.82, 2.24) is 8.61 Å². The number of thiocarbonyl (C=S) groups is 1. The second kappa shape index (κ2) is 6.48. The lowest BCUT2D eigenvalue weighted by atomic mass is 10.4. The molecular formula is C9H21N3O2S2. The Kier molecular flexibility index (Phi) is 6.39. The molecule has 0 fully saturated rings. The van der Waals surface area contributed by atoms with Gasteiger partial charge in [0.25, 0.3) is 10.2 Å². The highest BCUT2D eigenvalue weighted by molar-refractivity contribution is 7.86. The standard InChI is InChI=1S/C9H21N3O2S2/c1-5-12(7-6-9(10)15)16(13,14)11(4)8(2)3/h8H,5-7H2,1-4H3,(H2,10,15). The van der Waals surface area contributed by atoms with Gasteiger partial charge in [-0.15, -0.1) is 0 Å². The third-order valence-corrected chi connectivity index (χ3v) is 4.82. The van der Waals surface area contributed by atoms with Gasteiger partial charge in [-0.2, -0.15) is 17.0 Å². The van der Waals surface area contributed by atoms with E-state index in [0.717, 1.165) is 0 Å². The first-order chi connectivity index (χ1) is 7.23. The molecule has 0 aliphatic heterocycles. The molecule has 16 heavy (non-hydrogen) atoms. The van der Waals surface area contributed by atoms with Crippen LogP contribution in [0.15, 0.2) is 0 Å². The smallest absolute Gasteiger partial charge is 0.281 e. The topological polar surface area (TPSA) is 66.6 Å². The van der Waals surface area contributed by atoms with Gasteiger partial charge in [-0.1, -0.05) is 19.1 Å². The van der Waals surface area contributed by atoms with Crippen molar-refractivity contribution in [3.05, 3.63) is 0 Å². The highest BCUT2D eigenvalue weighted by Crippen LogP contribution is 2.10. The largest absolute Gasteiger partial charge is 0.393 e. The molecule has 0 aromatic rings. The van der Waals surface area contributed by atoms with Crippen molar-refractivity contribution < 1.29 is 8.42 Å². The highest BCUT2D eigenvalue weighted by atomic mass is 32.2. The first kappa shape index (κ1) is 15.8. The Morgan fingerprint density at radius 2 is 1.94 bits per heavy atom. The first-order valence-corrected chi connectivity index (χ1v) is 7.05. The van der Waals surface area contributed by atoms with Crippen LogP contribution in [0.3, 0.4) is 0 Å². The van der Waals surface area contributed by atoms with Crippen LogP contribution in [0, 0.1) is 0 Å². The normalized spacial score (nSPS) is 12.7. The van der Waals surface area contributed by atoms with Gasteiger partial charge in [0, 0.05) is 32.6 Å². The molecule has 2 N–H and O–H groups in total. The zero-order valence-corrected chi connectivity index (χ0v) is 11.9. The highest BCUT2D eigenvalue weighted by Gasteiger charge is 2.27. The lowest BCUT2D eigenvalue weighted by Crippen LogP contribution is -2.45. The van der Waals surface area contributed by atoms with Crippen molar-refractivity contribution in [3.8, 4) is 0 Å². The maximum atomic E-state index is 12.1. The summed E-state index contributed by atoms with van der Waals surface area (Å²) in [6, 6.07) is -0.0659. The summed E-state index contributed by atoms with van der Waals surface area (Å²) in [7, 11) is -1.82. The van der Waals surface area contributed by atoms with E-state index in [-0.39, 0.29) is 6.04 Å². The summed E-state index contributed by atoms with van der Waals surface area (Å²) in [4.78, 5) is 0.334. The van der Waals surface area contributed by atoms with E-state index >= 15 is 0 Å². The second-order valence-electron chi connectivity index (χ2n) is 3.83. The van der Waals surface area contributed by atoms with Crippen LogP contribution in [0.1, 0.15) is 27.2 Å². The number of nitrogens with zero attached hydrogens (tertiary/aromatic N) is 2. The summed E-state index contributed by atoms with van der Waals surface area (Å²) in [5.41, 5.74) is 5.37. The lowest BCUT2D eigenvalue weighted by molar-refractivity contribution is 0.344. The molecule has 0 rings (SSSR count). The quantitative estimate of drug-likeness (QED) is 0.685. The van der Waals surface area contributed by atoms with Crippen molar-refractivity contribution in [2.45, 2.75) is 33.2 Å². The number of hydrogen-bond donors (Lipinski definition) is 1. The van der Waals surface area contributed by atoms with Crippen LogP contribution in [-0.4, -0.2) is 48.2 Å². The Labute approximate surface area is 104 Å². The molecule has 0 unspecified atom stereocenters. The maximum absolute atomic E-state index is 12.1. The van der Waals surface area contributed by atoms with Crippen LogP contribution in [0.25, 0.3) is 0 Å². The third-order valence-electron chi connectivity index (χ3n) is 2.38. The third kappa shape index (κ3) is 4.32. The maximum Gasteiger partial charge on any atom is 0.281 e. The van der Waals surface area contributed by atoms with E-state index in [4.69, 9.17) is 18.0 Å². The van der Waals surface area contributed by atoms with Crippen molar-refractivity contribution in [2.24, 2.45) is 5.73 Å². The lowest BCUT2D eigenvalue weighted by Gasteiger charge is -2.28. The van der Waals surface area contributed by atoms with Crippen molar-refractivity contribution in [1.29, 1.82) is 0 Å². The van der Waals surface area contributed by atoms with E-state index in [1.54, 1.807) is 14.0 Å². The van der Waals surface area contributed by atoms with Crippen LogP contribution in [-0.2, 0) is 10.2 Å². The Morgan fingerprint density at radius 1 is 1.44 bits per heavy atom. The summed E-state index contributed by atoms with van der Waals surface area (Å²) in [5, 5.41) is 0. The molecule has 0 aromatic heterocycles. The van der Waals surface area contributed by atoms with Gasteiger partial charge in [0.1, 0.15) is 0 Å². The molecule has 0 amide bonds. The summed E-state index contributed by atoms with van der Waals surface area (Å²) >= 11 is 4.74. The molecule has 0 saturated carbocycles. The van der Waals surface area contributed by atoms with Gasteiger partial charge < -0.3 is 5.73 Å². The van der Waals surface area contributed by atoms with Crippen LogP contribution in [0.4, 0.5) is 0 Å². The Hall–Kier alpha value is -0.240. The number of rotatable bonds is 7. The molecule has 0 aliphatic carbocycles. The average Bonchev–Trinajstić information content (AvgIpc) is 2.16. The van der Waals surface area contributed by atoms with Gasteiger partial charge in [0.2, 0.25) is 0 Å². The zero-order chi connectivity index (χ0) is 12.9. The zero-order valence-electron chi connectivity index (χ0n) is 10.3. The van der Waals surface area contributed by atoms with E-state index in [9.17, 15) is 8.42 Å². The van der Waals surface area contributed by atoms with E-state index in [0.29, 0.717) is 24.5 Å². The summed E-state index contributed by atoms with van der Waals surface area (Å²) in [6.07, 6.45) is 0.411. The van der Waals surface area contributed by atoms with E-state index in [2.05, 4.69) is 0 Å². The summed E-state index contributed by atoms with van der Waals surface area (Å²) in [5.74, 6) is 0. The molecule has 0 aliphatic rings. The van der Waals surface area contributed by atoms with Crippen molar-refractivity contribution in [2.75, 3.05) is 20.1 Å². The van der Waals surface area contributed by atoms with Crippen molar-refractivity contribution >= 4 is 27.4 Å². The molecule has 0 radical (unpaired) electrons. The fraction of sp³-hybridized carbons (Fsp3) is 0.889. The van der Waals surface area contributed by atoms with Gasteiger partial charge >= 0.3 is 0 Å². The molecule has 0 heterocycles. The number of nitrogens with two attached hydrogens (primary N) is 1. The van der Waals surface area contributed by atoms with E-state index < -0.39 is 10.2 Å². The summed E-state index contributed by atoms with van der Waals surface area (Å²) in [6.45, 7) is 6.22.